The average molecular weight is 501 g/mol. The molecule has 1 atom stereocenters. The minimum atomic E-state index is -0.451. The van der Waals surface area contributed by atoms with E-state index in [1.54, 1.807) is 24.3 Å². The summed E-state index contributed by atoms with van der Waals surface area (Å²) < 4.78 is 11.2. The summed E-state index contributed by atoms with van der Waals surface area (Å²) in [5.41, 5.74) is 11.4. The second-order valence-corrected chi connectivity index (χ2v) is 9.82. The molecule has 8 nitrogen and oxygen atoms in total. The van der Waals surface area contributed by atoms with Crippen molar-refractivity contribution in [2.45, 2.75) is 25.8 Å². The van der Waals surface area contributed by atoms with Gasteiger partial charge in [0, 0.05) is 29.5 Å². The van der Waals surface area contributed by atoms with Crippen molar-refractivity contribution < 1.29 is 19.1 Å². The minimum absolute atomic E-state index is 0.130. The molecule has 0 saturated heterocycles. The minimum Gasteiger partial charge on any atom is -0.486 e. The van der Waals surface area contributed by atoms with E-state index in [0.717, 1.165) is 41.9 Å². The molecule has 37 heavy (non-hydrogen) atoms. The number of hydrogen-bond acceptors (Lipinski definition) is 6. The molecule has 2 aliphatic heterocycles. The van der Waals surface area contributed by atoms with Crippen molar-refractivity contribution in [1.29, 1.82) is 0 Å². The number of nitrogens with one attached hydrogen (secondary N) is 1. The van der Waals surface area contributed by atoms with Gasteiger partial charge in [-0.2, -0.15) is 0 Å². The molecule has 192 valence electrons. The normalized spacial score (nSPS) is 16.3. The van der Waals surface area contributed by atoms with Gasteiger partial charge in [0.15, 0.2) is 11.5 Å². The summed E-state index contributed by atoms with van der Waals surface area (Å²) in [6.07, 6.45) is 1.80. The van der Waals surface area contributed by atoms with E-state index in [0.29, 0.717) is 41.5 Å². The van der Waals surface area contributed by atoms with Gasteiger partial charge in [-0.25, -0.2) is 0 Å². The third-order valence-corrected chi connectivity index (χ3v) is 6.84. The smallest absolute Gasteiger partial charge is 0.255 e. The van der Waals surface area contributed by atoms with E-state index in [4.69, 9.17) is 15.2 Å². The highest BCUT2D eigenvalue weighted by Crippen LogP contribution is 2.42. The maximum atomic E-state index is 13.1. The number of fused-ring (bicyclic) bond motifs is 2. The molecule has 3 N–H and O–H groups in total. The Bertz CT molecular complexity index is 1350. The Hall–Kier alpha value is -4.04. The fourth-order valence-electron chi connectivity index (χ4n) is 5.16. The molecule has 5 rings (SSSR count). The van der Waals surface area contributed by atoms with E-state index in [2.05, 4.69) is 21.2 Å². The quantitative estimate of drug-likeness (QED) is 0.528. The highest BCUT2D eigenvalue weighted by molar-refractivity contribution is 6.05. The molecule has 3 aromatic rings. The maximum absolute atomic E-state index is 13.1. The summed E-state index contributed by atoms with van der Waals surface area (Å²) in [6.45, 7) is 3.80. The number of nitrogens with two attached hydrogens (primary N) is 1. The lowest BCUT2D eigenvalue weighted by Gasteiger charge is -2.42. The number of carbonyl (C=O) groups excluding carboxylic acids is 2. The lowest BCUT2D eigenvalue weighted by molar-refractivity contribution is 0.0997. The van der Waals surface area contributed by atoms with Crippen LogP contribution in [0.15, 0.2) is 54.6 Å². The molecule has 2 heterocycles. The number of ether oxygens (including phenoxy) is 2. The number of nitrogens with zero attached hydrogens (tertiary/aromatic N) is 2. The highest BCUT2D eigenvalue weighted by Gasteiger charge is 2.32. The first kappa shape index (κ1) is 24.6. The first-order valence-corrected chi connectivity index (χ1v) is 12.5. The lowest BCUT2D eigenvalue weighted by Crippen LogP contribution is -2.43. The molecule has 0 bridgehead atoms. The summed E-state index contributed by atoms with van der Waals surface area (Å²) in [7, 11) is 4.09. The van der Waals surface area contributed by atoms with Crippen molar-refractivity contribution >= 4 is 28.9 Å². The number of benzene rings is 3. The summed E-state index contributed by atoms with van der Waals surface area (Å²) >= 11 is 0. The van der Waals surface area contributed by atoms with Gasteiger partial charge in [0.2, 0.25) is 0 Å². The molecule has 2 aliphatic rings. The SMILES string of the molecule is Cc1ccc(NC(=O)c2ccc3c(c2)OCCO3)cc1N1c2c(cccc2C(N)=O)CCC1CN(C)C. The van der Waals surface area contributed by atoms with Gasteiger partial charge in [-0.1, -0.05) is 18.2 Å². The Morgan fingerprint density at radius 3 is 2.59 bits per heavy atom. The maximum Gasteiger partial charge on any atom is 0.255 e. The van der Waals surface area contributed by atoms with Crippen LogP contribution in [0.4, 0.5) is 17.1 Å². The summed E-state index contributed by atoms with van der Waals surface area (Å²) in [6, 6.07) is 16.9. The van der Waals surface area contributed by atoms with Gasteiger partial charge in [0.1, 0.15) is 13.2 Å². The first-order valence-electron chi connectivity index (χ1n) is 12.5. The van der Waals surface area contributed by atoms with Crippen LogP contribution in [0.25, 0.3) is 0 Å². The summed E-state index contributed by atoms with van der Waals surface area (Å²) in [5, 5.41) is 3.02. The summed E-state index contributed by atoms with van der Waals surface area (Å²) in [4.78, 5) is 30.0. The second kappa shape index (κ2) is 10.1. The van der Waals surface area contributed by atoms with Crippen LogP contribution in [0.2, 0.25) is 0 Å². The molecule has 0 aliphatic carbocycles. The van der Waals surface area contributed by atoms with Gasteiger partial charge < -0.3 is 30.3 Å². The summed E-state index contributed by atoms with van der Waals surface area (Å²) in [5.74, 6) is 0.516. The Labute approximate surface area is 217 Å². The Morgan fingerprint density at radius 1 is 1.05 bits per heavy atom. The fourth-order valence-corrected chi connectivity index (χ4v) is 5.16. The molecule has 0 saturated carbocycles. The molecule has 0 radical (unpaired) electrons. The van der Waals surface area contributed by atoms with Crippen molar-refractivity contribution in [2.24, 2.45) is 5.73 Å². The number of para-hydroxylation sites is 1. The van der Waals surface area contributed by atoms with Crippen molar-refractivity contribution in [3.63, 3.8) is 0 Å². The van der Waals surface area contributed by atoms with Gasteiger partial charge in [-0.05, 0) is 81.4 Å². The molecular formula is C29H32N4O4. The predicted molar refractivity (Wildman–Crippen MR) is 144 cm³/mol. The van der Waals surface area contributed by atoms with Crippen LogP contribution in [-0.4, -0.2) is 56.6 Å². The topological polar surface area (TPSA) is 97.1 Å². The van der Waals surface area contributed by atoms with Crippen LogP contribution in [0, 0.1) is 6.92 Å². The highest BCUT2D eigenvalue weighted by atomic mass is 16.6. The van der Waals surface area contributed by atoms with Crippen LogP contribution >= 0.6 is 0 Å². The number of aryl methyl sites for hydroxylation is 2. The Morgan fingerprint density at radius 2 is 1.84 bits per heavy atom. The fraction of sp³-hybridized carbons (Fsp3) is 0.310. The number of amides is 2. The second-order valence-electron chi connectivity index (χ2n) is 9.82. The molecule has 1 unspecified atom stereocenters. The van der Waals surface area contributed by atoms with E-state index < -0.39 is 5.91 Å². The average Bonchev–Trinajstić information content (AvgIpc) is 2.88. The molecular weight excluding hydrogens is 468 g/mol. The zero-order valence-corrected chi connectivity index (χ0v) is 21.4. The van der Waals surface area contributed by atoms with Crippen molar-refractivity contribution in [1.82, 2.24) is 4.90 Å². The van der Waals surface area contributed by atoms with Gasteiger partial charge in [0.25, 0.3) is 11.8 Å². The number of hydrogen-bond donors (Lipinski definition) is 2. The molecule has 0 aromatic heterocycles. The molecule has 0 spiro atoms. The Balaban J connectivity index is 1.52. The van der Waals surface area contributed by atoms with E-state index in [9.17, 15) is 9.59 Å². The number of rotatable bonds is 6. The zero-order valence-electron chi connectivity index (χ0n) is 21.4. The van der Waals surface area contributed by atoms with E-state index in [1.807, 2.05) is 45.3 Å². The monoisotopic (exact) mass is 500 g/mol. The predicted octanol–water partition coefficient (Wildman–Crippen LogP) is 4.13. The number of likely N-dealkylation sites (N-methyl/N-ethyl adjacent to an activating group) is 1. The lowest BCUT2D eigenvalue weighted by atomic mass is 9.91. The van der Waals surface area contributed by atoms with E-state index in [1.165, 1.54) is 0 Å². The Kier molecular flexibility index (Phi) is 6.76. The van der Waals surface area contributed by atoms with E-state index >= 15 is 0 Å². The van der Waals surface area contributed by atoms with Gasteiger partial charge >= 0.3 is 0 Å². The number of anilines is 3. The largest absolute Gasteiger partial charge is 0.486 e. The van der Waals surface area contributed by atoms with Crippen molar-refractivity contribution in [3.8, 4) is 11.5 Å². The van der Waals surface area contributed by atoms with Crippen LogP contribution in [0.3, 0.4) is 0 Å². The van der Waals surface area contributed by atoms with Crippen molar-refractivity contribution in [2.75, 3.05) is 44.1 Å². The molecule has 3 aromatic carbocycles. The molecule has 0 fully saturated rings. The number of carbonyl (C=O) groups is 2. The standard InChI is InChI=1S/C29H32N4O4/c1-18-7-10-21(31-29(35)20-9-12-25-26(15-20)37-14-13-36-25)16-24(18)33-22(17-32(2)3)11-8-19-5-4-6-23(27(19)33)28(30)34/h4-7,9-10,12,15-16,22H,8,11,13-14,17H2,1-3H3,(H2,30,34)(H,31,35). The van der Waals surface area contributed by atoms with E-state index in [-0.39, 0.29) is 11.9 Å². The third-order valence-electron chi connectivity index (χ3n) is 6.84. The zero-order chi connectivity index (χ0) is 26.1. The first-order chi connectivity index (χ1) is 17.8. The number of primary amides is 1. The van der Waals surface area contributed by atoms with Gasteiger partial charge in [-0.3, -0.25) is 9.59 Å². The van der Waals surface area contributed by atoms with Gasteiger partial charge in [0.05, 0.1) is 11.3 Å². The molecule has 2 amide bonds. The van der Waals surface area contributed by atoms with Crippen LogP contribution < -0.4 is 25.4 Å². The van der Waals surface area contributed by atoms with Crippen molar-refractivity contribution in [3.05, 3.63) is 76.9 Å². The van der Waals surface area contributed by atoms with Crippen LogP contribution in [-0.2, 0) is 6.42 Å². The van der Waals surface area contributed by atoms with Crippen LogP contribution in [0.1, 0.15) is 38.3 Å². The third kappa shape index (κ3) is 4.97. The van der Waals surface area contributed by atoms with Gasteiger partial charge in [-0.15, -0.1) is 0 Å². The molecule has 8 heteroatoms. The van der Waals surface area contributed by atoms with Crippen LogP contribution in [0.5, 0.6) is 11.5 Å².